The summed E-state index contributed by atoms with van der Waals surface area (Å²) < 4.78 is 58.4. The van der Waals surface area contributed by atoms with Gasteiger partial charge in [-0.25, -0.2) is 0 Å². The first-order valence-corrected chi connectivity index (χ1v) is 15.4. The largest absolute Gasteiger partial charge is 0.461 e. The van der Waals surface area contributed by atoms with Gasteiger partial charge in [0.05, 0.1) is 45.2 Å². The van der Waals surface area contributed by atoms with E-state index in [2.05, 4.69) is 0 Å². The standard InChI is InChI=1S/C31H36O16/c32-6-22-23(34)24(35)27(47-30-28(36)31(37,9-33)10-40-30)29(46-22)45-18-5-21-20(43-12-44-21)4-14(18)26-16-8-38-25(15(16)7-39-26)13-1-2-17-19(3-13)42-11-41-17/h1-5,15-16,22-30,32-37H,6-12H2/t15-,16-,22+,23+,24-,25+,26-,27+,28-,29+,30-,31+/m0/s1. The third kappa shape index (κ3) is 5.28. The summed E-state index contributed by atoms with van der Waals surface area (Å²) in [5, 5.41) is 62.2. The summed E-state index contributed by atoms with van der Waals surface area (Å²) in [6, 6.07) is 9.07. The average molecular weight is 665 g/mol. The smallest absolute Gasteiger partial charge is 0.231 e. The number of fused-ring (bicyclic) bond motifs is 3. The molecular weight excluding hydrogens is 628 g/mol. The highest BCUT2D eigenvalue weighted by Gasteiger charge is 2.54. The van der Waals surface area contributed by atoms with Crippen LogP contribution in [0.15, 0.2) is 30.3 Å². The zero-order valence-corrected chi connectivity index (χ0v) is 25.0. The number of benzene rings is 2. The minimum Gasteiger partial charge on any atom is -0.461 e. The molecule has 6 aliphatic rings. The molecule has 0 spiro atoms. The van der Waals surface area contributed by atoms with Gasteiger partial charge in [-0.1, -0.05) is 6.07 Å². The van der Waals surface area contributed by atoms with Crippen molar-refractivity contribution in [3.05, 3.63) is 41.5 Å². The molecular formula is C31H36O16. The van der Waals surface area contributed by atoms with Crippen LogP contribution in [-0.2, 0) is 23.7 Å². The summed E-state index contributed by atoms with van der Waals surface area (Å²) in [5.74, 6) is 2.31. The molecule has 0 unspecified atom stereocenters. The molecule has 6 aliphatic heterocycles. The normalized spacial score (nSPS) is 40.2. The maximum absolute atomic E-state index is 11.1. The van der Waals surface area contributed by atoms with Gasteiger partial charge in [-0.3, -0.25) is 0 Å². The van der Waals surface area contributed by atoms with Crippen molar-refractivity contribution in [1.29, 1.82) is 0 Å². The summed E-state index contributed by atoms with van der Waals surface area (Å²) in [4.78, 5) is 0. The molecule has 4 saturated heterocycles. The summed E-state index contributed by atoms with van der Waals surface area (Å²) in [7, 11) is 0. The summed E-state index contributed by atoms with van der Waals surface area (Å²) in [6.45, 7) is -0.990. The van der Waals surface area contributed by atoms with Gasteiger partial charge >= 0.3 is 0 Å². The Hall–Kier alpha value is -3.00. The molecule has 6 heterocycles. The fraction of sp³-hybridized carbons (Fsp3) is 0.613. The van der Waals surface area contributed by atoms with E-state index < -0.39 is 74.6 Å². The van der Waals surface area contributed by atoms with Gasteiger partial charge < -0.3 is 78.0 Å². The quantitative estimate of drug-likeness (QED) is 0.197. The number of aliphatic hydroxyl groups is 6. The Morgan fingerprint density at radius 2 is 1.45 bits per heavy atom. The van der Waals surface area contributed by atoms with Crippen molar-refractivity contribution in [3.63, 3.8) is 0 Å². The van der Waals surface area contributed by atoms with E-state index >= 15 is 0 Å². The number of hydrogen-bond donors (Lipinski definition) is 6. The van der Waals surface area contributed by atoms with Crippen LogP contribution in [0.1, 0.15) is 23.3 Å². The third-order valence-corrected chi connectivity index (χ3v) is 9.74. The van der Waals surface area contributed by atoms with Crippen molar-refractivity contribution in [3.8, 4) is 28.7 Å². The third-order valence-electron chi connectivity index (χ3n) is 9.74. The lowest BCUT2D eigenvalue weighted by molar-refractivity contribution is -0.319. The first-order valence-electron chi connectivity index (χ1n) is 15.4. The van der Waals surface area contributed by atoms with Crippen LogP contribution in [0.25, 0.3) is 0 Å². The van der Waals surface area contributed by atoms with Gasteiger partial charge in [-0.15, -0.1) is 0 Å². The molecule has 0 bridgehead atoms. The van der Waals surface area contributed by atoms with Crippen LogP contribution in [0.2, 0.25) is 0 Å². The van der Waals surface area contributed by atoms with Crippen LogP contribution < -0.4 is 23.7 Å². The van der Waals surface area contributed by atoms with Gasteiger partial charge in [0, 0.05) is 23.5 Å². The van der Waals surface area contributed by atoms with Crippen LogP contribution >= 0.6 is 0 Å². The molecule has 47 heavy (non-hydrogen) atoms. The van der Waals surface area contributed by atoms with Gasteiger partial charge in [0.25, 0.3) is 0 Å². The maximum Gasteiger partial charge on any atom is 0.231 e. The fourth-order valence-electron chi connectivity index (χ4n) is 7.05. The Morgan fingerprint density at radius 3 is 2.17 bits per heavy atom. The zero-order chi connectivity index (χ0) is 32.4. The summed E-state index contributed by atoms with van der Waals surface area (Å²) in [5.41, 5.74) is -0.487. The van der Waals surface area contributed by atoms with E-state index in [9.17, 15) is 30.6 Å². The second-order valence-electron chi connectivity index (χ2n) is 12.5. The Kier molecular flexibility index (Phi) is 8.09. The monoisotopic (exact) mass is 664 g/mol. The van der Waals surface area contributed by atoms with Crippen molar-refractivity contribution < 1.29 is 78.0 Å². The van der Waals surface area contributed by atoms with Crippen molar-refractivity contribution in [1.82, 2.24) is 0 Å². The summed E-state index contributed by atoms with van der Waals surface area (Å²) in [6.07, 6.45) is -11.5. The lowest BCUT2D eigenvalue weighted by atomic mass is 9.84. The van der Waals surface area contributed by atoms with Crippen molar-refractivity contribution in [2.45, 2.75) is 60.9 Å². The zero-order valence-electron chi connectivity index (χ0n) is 25.0. The Labute approximate surface area is 267 Å². The van der Waals surface area contributed by atoms with Crippen molar-refractivity contribution in [2.24, 2.45) is 11.8 Å². The van der Waals surface area contributed by atoms with E-state index in [4.69, 9.17) is 47.4 Å². The Balaban J connectivity index is 1.08. The first-order chi connectivity index (χ1) is 22.8. The molecule has 12 atom stereocenters. The minimum atomic E-state index is -2.00. The van der Waals surface area contributed by atoms with Gasteiger partial charge in [-0.2, -0.15) is 0 Å². The number of hydrogen-bond acceptors (Lipinski definition) is 16. The van der Waals surface area contributed by atoms with E-state index in [0.717, 1.165) is 5.56 Å². The van der Waals surface area contributed by atoms with Crippen LogP contribution in [0.5, 0.6) is 28.7 Å². The molecule has 0 radical (unpaired) electrons. The van der Waals surface area contributed by atoms with E-state index in [-0.39, 0.29) is 37.3 Å². The van der Waals surface area contributed by atoms with Crippen LogP contribution in [0.4, 0.5) is 0 Å². The van der Waals surface area contributed by atoms with Crippen molar-refractivity contribution in [2.75, 3.05) is 46.6 Å². The Bertz CT molecular complexity index is 1470. The number of ether oxygens (including phenoxy) is 10. The van der Waals surface area contributed by atoms with Crippen LogP contribution in [0, 0.1) is 11.8 Å². The average Bonchev–Trinajstić information content (AvgIpc) is 3.91. The molecule has 4 fully saturated rings. The fourth-order valence-corrected chi connectivity index (χ4v) is 7.05. The molecule has 0 aromatic heterocycles. The molecule has 16 nitrogen and oxygen atoms in total. The lowest BCUT2D eigenvalue weighted by Crippen LogP contribution is -2.62. The number of aliphatic hydroxyl groups excluding tert-OH is 5. The van der Waals surface area contributed by atoms with E-state index in [1.807, 2.05) is 18.2 Å². The van der Waals surface area contributed by atoms with E-state index in [0.29, 0.717) is 41.8 Å². The molecule has 2 aromatic rings. The highest BCUT2D eigenvalue weighted by molar-refractivity contribution is 5.53. The van der Waals surface area contributed by atoms with Crippen molar-refractivity contribution >= 4 is 0 Å². The highest BCUT2D eigenvalue weighted by atomic mass is 16.8. The minimum absolute atomic E-state index is 0.0114. The van der Waals surface area contributed by atoms with Gasteiger partial charge in [-0.05, 0) is 23.8 Å². The molecule has 0 aliphatic carbocycles. The topological polar surface area (TPSA) is 214 Å². The van der Waals surface area contributed by atoms with Gasteiger partial charge in [0.2, 0.25) is 19.9 Å². The van der Waals surface area contributed by atoms with Gasteiger partial charge in [0.1, 0.15) is 35.8 Å². The molecule has 16 heteroatoms. The predicted octanol–water partition coefficient (Wildman–Crippen LogP) is -1.14. The highest BCUT2D eigenvalue weighted by Crippen LogP contribution is 2.54. The van der Waals surface area contributed by atoms with E-state index in [1.165, 1.54) is 0 Å². The molecule has 2 aromatic carbocycles. The second kappa shape index (κ2) is 12.2. The molecule has 6 N–H and O–H groups in total. The lowest BCUT2D eigenvalue weighted by Gasteiger charge is -2.43. The summed E-state index contributed by atoms with van der Waals surface area (Å²) >= 11 is 0. The maximum atomic E-state index is 11.1. The Morgan fingerprint density at radius 1 is 0.766 bits per heavy atom. The molecule has 0 amide bonds. The SMILES string of the molecule is OC[C@H]1O[C@@H](Oc2cc3c(cc2[C@@H]2OC[C@H]4[C@@H]2CO[C@@H]4c2ccc4c(c2)OCO4)OCO3)[C@H](O[C@@H]2OC[C@](O)(CO)[C@H]2O)[C@@H](O)[C@@H]1O. The van der Waals surface area contributed by atoms with Crippen LogP contribution in [-0.4, -0.2) is 126 Å². The van der Waals surface area contributed by atoms with Crippen LogP contribution in [0.3, 0.4) is 0 Å². The first kappa shape index (κ1) is 31.3. The number of rotatable bonds is 8. The van der Waals surface area contributed by atoms with E-state index in [1.54, 1.807) is 12.1 Å². The molecule has 256 valence electrons. The second-order valence-corrected chi connectivity index (χ2v) is 12.5. The molecule has 0 saturated carbocycles. The predicted molar refractivity (Wildman–Crippen MR) is 151 cm³/mol. The van der Waals surface area contributed by atoms with Gasteiger partial charge in [0.15, 0.2) is 35.4 Å². The molecule has 8 rings (SSSR count).